The van der Waals surface area contributed by atoms with Gasteiger partial charge in [0.15, 0.2) is 0 Å². The highest BCUT2D eigenvalue weighted by Gasteiger charge is 2.23. The molecule has 90 valence electrons. The van der Waals surface area contributed by atoms with E-state index in [1.54, 1.807) is 6.20 Å². The zero-order chi connectivity index (χ0) is 11.7. The van der Waals surface area contributed by atoms with Crippen molar-refractivity contribution < 1.29 is 0 Å². The van der Waals surface area contributed by atoms with Crippen LogP contribution < -0.4 is 5.73 Å². The first-order chi connectivity index (χ1) is 7.58. The van der Waals surface area contributed by atoms with Crippen LogP contribution in [0.5, 0.6) is 0 Å². The van der Waals surface area contributed by atoms with Gasteiger partial charge in [-0.2, -0.15) is 0 Å². The van der Waals surface area contributed by atoms with Crippen LogP contribution in [0, 0.1) is 5.92 Å². The van der Waals surface area contributed by atoms with Crippen LogP contribution in [0.1, 0.15) is 19.2 Å². The first kappa shape index (κ1) is 11.9. The number of nitrogens with two attached hydrogens (primary N) is 1. The number of halogens is 1. The fourth-order valence-electron chi connectivity index (χ4n) is 2.08. The van der Waals surface area contributed by atoms with E-state index < -0.39 is 0 Å². The van der Waals surface area contributed by atoms with Crippen molar-refractivity contribution in [1.82, 2.24) is 14.5 Å². The normalized spacial score (nSPS) is 27.2. The van der Waals surface area contributed by atoms with Crippen molar-refractivity contribution in [3.8, 4) is 0 Å². The summed E-state index contributed by atoms with van der Waals surface area (Å²) in [7, 11) is 1.94. The van der Waals surface area contributed by atoms with Gasteiger partial charge in [0.2, 0.25) is 0 Å². The fourth-order valence-corrected chi connectivity index (χ4v) is 2.23. The highest BCUT2D eigenvalue weighted by atomic mass is 35.5. The van der Waals surface area contributed by atoms with Crippen LogP contribution in [0.3, 0.4) is 0 Å². The Morgan fingerprint density at radius 3 is 2.94 bits per heavy atom. The molecule has 0 bridgehead atoms. The molecule has 0 saturated carbocycles. The van der Waals surface area contributed by atoms with E-state index in [1.807, 2.05) is 11.6 Å². The first-order valence-electron chi connectivity index (χ1n) is 5.72. The molecule has 5 heteroatoms. The van der Waals surface area contributed by atoms with Crippen molar-refractivity contribution in [2.24, 2.45) is 18.7 Å². The lowest BCUT2D eigenvalue weighted by Gasteiger charge is -2.34. The Labute approximate surface area is 101 Å². The molecule has 1 aliphatic rings. The van der Waals surface area contributed by atoms with Crippen molar-refractivity contribution in [1.29, 1.82) is 0 Å². The molecule has 2 atom stereocenters. The maximum Gasteiger partial charge on any atom is 0.128 e. The number of piperidine rings is 1. The molecular weight excluding hydrogens is 224 g/mol. The lowest BCUT2D eigenvalue weighted by atomic mass is 9.94. The number of imidazole rings is 1. The molecule has 4 nitrogen and oxygen atoms in total. The predicted molar refractivity (Wildman–Crippen MR) is 65.3 cm³/mol. The van der Waals surface area contributed by atoms with Crippen LogP contribution in [-0.4, -0.2) is 33.6 Å². The summed E-state index contributed by atoms with van der Waals surface area (Å²) in [5, 5.41) is 0.685. The van der Waals surface area contributed by atoms with Gasteiger partial charge in [0, 0.05) is 19.6 Å². The van der Waals surface area contributed by atoms with Crippen molar-refractivity contribution in [3.63, 3.8) is 0 Å². The molecule has 1 fully saturated rings. The summed E-state index contributed by atoms with van der Waals surface area (Å²) in [6.45, 7) is 5.11. The van der Waals surface area contributed by atoms with E-state index in [1.165, 1.54) is 6.42 Å². The summed E-state index contributed by atoms with van der Waals surface area (Å²) in [5.74, 6) is 1.63. The number of hydrogen-bond acceptors (Lipinski definition) is 3. The van der Waals surface area contributed by atoms with Gasteiger partial charge in [0.05, 0.1) is 12.7 Å². The first-order valence-corrected chi connectivity index (χ1v) is 6.09. The SMILES string of the molecule is CC1CCN(Cc2ncc(Cl)n2C)CC1N. The molecule has 0 spiro atoms. The lowest BCUT2D eigenvalue weighted by molar-refractivity contribution is 0.158. The van der Waals surface area contributed by atoms with Crippen LogP contribution in [-0.2, 0) is 13.6 Å². The zero-order valence-electron chi connectivity index (χ0n) is 9.86. The Bertz CT molecular complexity index is 363. The second-order valence-corrected chi connectivity index (χ2v) is 5.11. The number of nitrogens with zero attached hydrogens (tertiary/aromatic N) is 3. The highest BCUT2D eigenvalue weighted by molar-refractivity contribution is 6.29. The topological polar surface area (TPSA) is 47.1 Å². The van der Waals surface area contributed by atoms with Crippen LogP contribution in [0.4, 0.5) is 0 Å². The van der Waals surface area contributed by atoms with Gasteiger partial charge in [-0.1, -0.05) is 18.5 Å². The largest absolute Gasteiger partial charge is 0.326 e. The molecule has 1 saturated heterocycles. The third-order valence-corrected chi connectivity index (χ3v) is 3.84. The van der Waals surface area contributed by atoms with E-state index in [4.69, 9.17) is 17.3 Å². The van der Waals surface area contributed by atoms with E-state index >= 15 is 0 Å². The quantitative estimate of drug-likeness (QED) is 0.849. The van der Waals surface area contributed by atoms with Crippen molar-refractivity contribution in [3.05, 3.63) is 17.2 Å². The minimum absolute atomic E-state index is 0.282. The van der Waals surface area contributed by atoms with Gasteiger partial charge < -0.3 is 10.3 Å². The average Bonchev–Trinajstić information content (AvgIpc) is 2.55. The minimum Gasteiger partial charge on any atom is -0.326 e. The van der Waals surface area contributed by atoms with Crippen molar-refractivity contribution >= 4 is 11.6 Å². The molecule has 1 aromatic heterocycles. The summed E-state index contributed by atoms with van der Waals surface area (Å²) >= 11 is 5.96. The standard InChI is InChI=1S/C11H19ClN4/c1-8-3-4-16(6-9(8)13)7-11-14-5-10(12)15(11)2/h5,8-9H,3-4,6-7,13H2,1-2H3. The lowest BCUT2D eigenvalue weighted by Crippen LogP contribution is -2.47. The molecule has 16 heavy (non-hydrogen) atoms. The van der Waals surface area contributed by atoms with Crippen molar-refractivity contribution in [2.75, 3.05) is 13.1 Å². The maximum atomic E-state index is 6.07. The Hall–Kier alpha value is -0.580. The Kier molecular flexibility index (Phi) is 3.52. The zero-order valence-corrected chi connectivity index (χ0v) is 10.6. The van der Waals surface area contributed by atoms with Gasteiger partial charge in [-0.25, -0.2) is 4.98 Å². The van der Waals surface area contributed by atoms with Gasteiger partial charge in [-0.15, -0.1) is 0 Å². The third kappa shape index (κ3) is 2.39. The molecule has 0 amide bonds. The fraction of sp³-hybridized carbons (Fsp3) is 0.727. The van der Waals surface area contributed by atoms with Crippen LogP contribution >= 0.6 is 11.6 Å². The molecule has 0 aliphatic carbocycles. The van der Waals surface area contributed by atoms with Crippen LogP contribution in [0.2, 0.25) is 5.15 Å². The van der Waals surface area contributed by atoms with Gasteiger partial charge in [0.1, 0.15) is 11.0 Å². The molecule has 2 rings (SSSR count). The second-order valence-electron chi connectivity index (χ2n) is 4.72. The average molecular weight is 243 g/mol. The van der Waals surface area contributed by atoms with Crippen LogP contribution in [0.25, 0.3) is 0 Å². The molecule has 1 aromatic rings. The summed E-state index contributed by atoms with van der Waals surface area (Å²) in [4.78, 5) is 6.65. The Morgan fingerprint density at radius 2 is 2.38 bits per heavy atom. The number of likely N-dealkylation sites (tertiary alicyclic amines) is 1. The number of hydrogen-bond donors (Lipinski definition) is 1. The summed E-state index contributed by atoms with van der Waals surface area (Å²) in [6.07, 6.45) is 2.86. The summed E-state index contributed by atoms with van der Waals surface area (Å²) in [5.41, 5.74) is 6.07. The maximum absolute atomic E-state index is 6.07. The monoisotopic (exact) mass is 242 g/mol. The predicted octanol–water partition coefficient (Wildman–Crippen LogP) is 1.24. The van der Waals surface area contributed by atoms with Gasteiger partial charge in [0.25, 0.3) is 0 Å². The highest BCUT2D eigenvalue weighted by Crippen LogP contribution is 2.18. The number of aromatic nitrogens is 2. The Balaban J connectivity index is 1.98. The van der Waals surface area contributed by atoms with Crippen LogP contribution in [0.15, 0.2) is 6.20 Å². The molecule has 0 aromatic carbocycles. The van der Waals surface area contributed by atoms with E-state index in [-0.39, 0.29) is 6.04 Å². The Morgan fingerprint density at radius 1 is 1.62 bits per heavy atom. The molecule has 2 heterocycles. The number of rotatable bonds is 2. The third-order valence-electron chi connectivity index (χ3n) is 3.49. The summed E-state index contributed by atoms with van der Waals surface area (Å²) < 4.78 is 1.92. The van der Waals surface area contributed by atoms with E-state index in [9.17, 15) is 0 Å². The molecule has 0 radical (unpaired) electrons. The second kappa shape index (κ2) is 4.73. The smallest absolute Gasteiger partial charge is 0.128 e. The molecule has 1 aliphatic heterocycles. The molecule has 2 N–H and O–H groups in total. The van der Waals surface area contributed by atoms with E-state index in [0.717, 1.165) is 25.5 Å². The van der Waals surface area contributed by atoms with Gasteiger partial charge in [-0.3, -0.25) is 4.90 Å². The summed E-state index contributed by atoms with van der Waals surface area (Å²) in [6, 6.07) is 0.282. The molecular formula is C11H19ClN4. The van der Waals surface area contributed by atoms with Crippen molar-refractivity contribution in [2.45, 2.75) is 25.9 Å². The van der Waals surface area contributed by atoms with Gasteiger partial charge >= 0.3 is 0 Å². The van der Waals surface area contributed by atoms with E-state index in [2.05, 4.69) is 16.8 Å². The van der Waals surface area contributed by atoms with E-state index in [0.29, 0.717) is 11.1 Å². The minimum atomic E-state index is 0.282. The van der Waals surface area contributed by atoms with Gasteiger partial charge in [-0.05, 0) is 18.9 Å². The molecule has 2 unspecified atom stereocenters.